The Morgan fingerprint density at radius 3 is 1.29 bits per heavy atom. The van der Waals surface area contributed by atoms with Crippen LogP contribution in [0.4, 0.5) is 9.09 Å². The van der Waals surface area contributed by atoms with Gasteiger partial charge in [0.2, 0.25) is 0 Å². The highest BCUT2D eigenvalue weighted by molar-refractivity contribution is 5.46. The van der Waals surface area contributed by atoms with Crippen molar-refractivity contribution < 1.29 is 19.3 Å². The number of benzene rings is 4. The molecule has 0 saturated heterocycles. The predicted octanol–water partition coefficient (Wildman–Crippen LogP) is 17.9. The second kappa shape index (κ2) is 27.0. The SMILES string of the molecule is CC(C)c1cc(C(C)C)cc(C2CCCCC2)c1.CC(C)c1cc2c(cc1C(C)C)OCCC2.CC(C)c1ccc(C(C)C)cc1.Cc1cc(C(C)C)c(C(C)C)cc1F.F.O. The third kappa shape index (κ3) is 16.9. The fraction of sp³-hybridized carbons (Fsp3) is 0.586. The maximum absolute atomic E-state index is 13.4. The highest BCUT2D eigenvalue weighted by atomic mass is 19.1. The van der Waals surface area contributed by atoms with Crippen molar-refractivity contribution in [3.63, 3.8) is 0 Å². The van der Waals surface area contributed by atoms with Gasteiger partial charge >= 0.3 is 0 Å². The first-order valence-electron chi connectivity index (χ1n) is 24.1. The number of ether oxygens (including phenoxy) is 1. The average Bonchev–Trinajstić information content (AvgIpc) is 3.21. The van der Waals surface area contributed by atoms with Crippen molar-refractivity contribution in [2.75, 3.05) is 6.61 Å². The van der Waals surface area contributed by atoms with Crippen LogP contribution in [0.2, 0.25) is 0 Å². The van der Waals surface area contributed by atoms with E-state index in [1.54, 1.807) is 11.6 Å². The highest BCUT2D eigenvalue weighted by Crippen LogP contribution is 2.37. The molecule has 4 aromatic rings. The molecule has 62 heavy (non-hydrogen) atoms. The van der Waals surface area contributed by atoms with E-state index < -0.39 is 0 Å². The molecule has 1 aliphatic carbocycles. The minimum atomic E-state index is -0.0851. The normalized spacial score (nSPS) is 13.8. The summed E-state index contributed by atoms with van der Waals surface area (Å²) in [6, 6.07) is 24.6. The summed E-state index contributed by atoms with van der Waals surface area (Å²) in [5.74, 6) is 6.48. The van der Waals surface area contributed by atoms with Crippen LogP contribution in [0.15, 0.2) is 66.7 Å². The molecule has 0 amide bonds. The molecule has 0 aromatic heterocycles. The van der Waals surface area contributed by atoms with Crippen LogP contribution >= 0.6 is 0 Å². The molecule has 0 spiro atoms. The van der Waals surface area contributed by atoms with Gasteiger partial charge in [0.05, 0.1) is 6.61 Å². The zero-order chi connectivity index (χ0) is 44.8. The van der Waals surface area contributed by atoms with Crippen molar-refractivity contribution in [1.82, 2.24) is 0 Å². The number of hydrogen-bond donors (Lipinski definition) is 0. The van der Waals surface area contributed by atoms with E-state index in [0.29, 0.717) is 47.3 Å². The van der Waals surface area contributed by atoms with Gasteiger partial charge in [-0.25, -0.2) is 4.39 Å². The maximum atomic E-state index is 13.4. The van der Waals surface area contributed by atoms with E-state index in [9.17, 15) is 4.39 Å². The van der Waals surface area contributed by atoms with Crippen LogP contribution in [-0.4, -0.2) is 12.1 Å². The lowest BCUT2D eigenvalue weighted by Gasteiger charge is -2.24. The quantitative estimate of drug-likeness (QED) is 0.165. The van der Waals surface area contributed by atoms with Gasteiger partial charge in [0.25, 0.3) is 0 Å². The Kier molecular flexibility index (Phi) is 24.6. The molecule has 1 fully saturated rings. The van der Waals surface area contributed by atoms with Gasteiger partial charge in [-0.2, -0.15) is 0 Å². The van der Waals surface area contributed by atoms with Gasteiger partial charge in [0.1, 0.15) is 11.6 Å². The Balaban J connectivity index is 0.000000413. The summed E-state index contributed by atoms with van der Waals surface area (Å²) in [6.07, 6.45) is 9.43. The molecule has 4 aromatic carbocycles. The first-order chi connectivity index (χ1) is 28.2. The topological polar surface area (TPSA) is 40.7 Å². The molecule has 6 rings (SSSR count). The Labute approximate surface area is 380 Å². The van der Waals surface area contributed by atoms with E-state index in [-0.39, 0.29) is 16.0 Å². The zero-order valence-electron chi connectivity index (χ0n) is 42.4. The lowest BCUT2D eigenvalue weighted by atomic mass is 9.81. The summed E-state index contributed by atoms with van der Waals surface area (Å²) in [6.45, 7) is 38.4. The summed E-state index contributed by atoms with van der Waals surface area (Å²) in [5.41, 5.74) is 15.1. The number of aryl methyl sites for hydroxylation is 2. The Hall–Kier alpha value is -3.50. The average molecular weight is 857 g/mol. The molecular weight excluding hydrogens is 767 g/mol. The van der Waals surface area contributed by atoms with Crippen LogP contribution in [0.25, 0.3) is 0 Å². The van der Waals surface area contributed by atoms with E-state index in [2.05, 4.69) is 165 Å². The van der Waals surface area contributed by atoms with Crippen molar-refractivity contribution in [3.8, 4) is 5.75 Å². The Morgan fingerprint density at radius 2 is 0.871 bits per heavy atom. The lowest BCUT2D eigenvalue weighted by Crippen LogP contribution is -2.11. The molecule has 0 unspecified atom stereocenters. The lowest BCUT2D eigenvalue weighted by molar-refractivity contribution is 0.287. The summed E-state index contributed by atoms with van der Waals surface area (Å²) < 4.78 is 19.1. The molecule has 4 heteroatoms. The van der Waals surface area contributed by atoms with Crippen LogP contribution in [0.1, 0.15) is 264 Å². The van der Waals surface area contributed by atoms with Crippen LogP contribution in [0.3, 0.4) is 0 Å². The number of fused-ring (bicyclic) bond motifs is 1. The summed E-state index contributed by atoms with van der Waals surface area (Å²) in [4.78, 5) is 0. The molecule has 1 aliphatic heterocycles. The van der Waals surface area contributed by atoms with Gasteiger partial charge in [-0.15, -0.1) is 0 Å². The molecule has 0 radical (unpaired) electrons. The van der Waals surface area contributed by atoms with E-state index in [4.69, 9.17) is 4.74 Å². The number of rotatable bonds is 9. The third-order valence-electron chi connectivity index (χ3n) is 12.6. The molecule has 0 atom stereocenters. The number of halogens is 2. The second-order valence-corrected chi connectivity index (χ2v) is 20.4. The van der Waals surface area contributed by atoms with E-state index >= 15 is 0 Å². The maximum Gasteiger partial charge on any atom is 0.126 e. The van der Waals surface area contributed by atoms with Gasteiger partial charge in [-0.3, -0.25) is 4.70 Å². The van der Waals surface area contributed by atoms with Crippen molar-refractivity contribution in [1.29, 1.82) is 0 Å². The zero-order valence-corrected chi connectivity index (χ0v) is 42.4. The van der Waals surface area contributed by atoms with Gasteiger partial charge < -0.3 is 10.2 Å². The largest absolute Gasteiger partial charge is 0.493 e. The Bertz CT molecular complexity index is 1750. The first kappa shape index (κ1) is 56.5. The summed E-state index contributed by atoms with van der Waals surface area (Å²) >= 11 is 0. The van der Waals surface area contributed by atoms with Crippen LogP contribution in [0, 0.1) is 12.7 Å². The minimum absolute atomic E-state index is 0. The van der Waals surface area contributed by atoms with Gasteiger partial charge in [0, 0.05) is 0 Å². The fourth-order valence-corrected chi connectivity index (χ4v) is 8.46. The molecule has 2 N–H and O–H groups in total. The van der Waals surface area contributed by atoms with E-state index in [1.165, 1.54) is 83.0 Å². The summed E-state index contributed by atoms with van der Waals surface area (Å²) in [5, 5.41) is 0. The van der Waals surface area contributed by atoms with Crippen LogP contribution in [-0.2, 0) is 6.42 Å². The van der Waals surface area contributed by atoms with Crippen molar-refractivity contribution in [2.45, 2.75) is 216 Å². The monoisotopic (exact) mass is 857 g/mol. The standard InChI is InChI=1S/C18H28.C15H22O.C13H19F.C12H18.FH.H2O/c1-13(2)16-10-17(14(3)4)12-18(11-16)15-8-6-5-7-9-15;1-10(2)13-8-12-6-5-7-16-15(12)9-14(13)11(3)4;1-8(2)11-6-10(5)13(14)7-12(11)9(3)4;1-9(2)11-5-7-12(8-6-11)10(3)4;;/h10-15H,5-9H2,1-4H3;8-11H,5-7H2,1-4H3;6-9H,1-5H3;5-10H,1-4H3;1H;1H2. The molecule has 2 aliphatic rings. The second-order valence-electron chi connectivity index (χ2n) is 20.4. The van der Waals surface area contributed by atoms with Gasteiger partial charge in [-0.05, 0) is 159 Å². The fourth-order valence-electron chi connectivity index (χ4n) is 8.46. The highest BCUT2D eigenvalue weighted by Gasteiger charge is 2.19. The van der Waals surface area contributed by atoms with Gasteiger partial charge in [-0.1, -0.05) is 185 Å². The summed E-state index contributed by atoms with van der Waals surface area (Å²) in [7, 11) is 0. The molecule has 2 nitrogen and oxygen atoms in total. The molecule has 1 heterocycles. The molecule has 0 bridgehead atoms. The predicted molar refractivity (Wildman–Crippen MR) is 269 cm³/mol. The number of hydrogen-bond acceptors (Lipinski definition) is 1. The molecule has 348 valence electrons. The van der Waals surface area contributed by atoms with Crippen molar-refractivity contribution in [3.05, 3.63) is 134 Å². The molecular formula is C58H90F2O2. The molecule has 1 saturated carbocycles. The van der Waals surface area contributed by atoms with Crippen LogP contribution in [0.5, 0.6) is 5.75 Å². The van der Waals surface area contributed by atoms with Gasteiger partial charge in [0.15, 0.2) is 0 Å². The third-order valence-corrected chi connectivity index (χ3v) is 12.6. The minimum Gasteiger partial charge on any atom is -0.493 e. The van der Waals surface area contributed by atoms with E-state index in [0.717, 1.165) is 35.8 Å². The Morgan fingerprint density at radius 1 is 0.468 bits per heavy atom. The van der Waals surface area contributed by atoms with Crippen LogP contribution < -0.4 is 4.74 Å². The van der Waals surface area contributed by atoms with Crippen molar-refractivity contribution >= 4 is 0 Å². The smallest absolute Gasteiger partial charge is 0.126 e. The van der Waals surface area contributed by atoms with E-state index in [1.807, 2.05) is 13.0 Å². The first-order valence-corrected chi connectivity index (χ1v) is 24.1. The van der Waals surface area contributed by atoms with Crippen molar-refractivity contribution in [2.24, 2.45) is 0 Å².